The van der Waals surface area contributed by atoms with Crippen LogP contribution in [0.4, 0.5) is 4.39 Å². The predicted octanol–water partition coefficient (Wildman–Crippen LogP) is 2.71. The van der Waals surface area contributed by atoms with E-state index in [0.717, 1.165) is 16.3 Å². The molecule has 0 aliphatic heterocycles. The molecule has 2 heterocycles. The molecule has 0 saturated heterocycles. The van der Waals surface area contributed by atoms with Crippen LogP contribution >= 0.6 is 11.5 Å². The Kier molecular flexibility index (Phi) is 3.25. The van der Waals surface area contributed by atoms with Gasteiger partial charge in [0.2, 0.25) is 5.95 Å². The lowest BCUT2D eigenvalue weighted by Crippen LogP contribution is -2.12. The normalized spacial score (nSPS) is 14.4. The maximum absolute atomic E-state index is 13.0. The van der Waals surface area contributed by atoms with Crippen LogP contribution in [0.5, 0.6) is 0 Å². The summed E-state index contributed by atoms with van der Waals surface area (Å²) in [5.41, 5.74) is 2.46. The monoisotopic (exact) mass is 276 g/mol. The minimum atomic E-state index is -0.469. The molecule has 2 aromatic rings. The standard InChI is InChI=1S/C13H13FN4S/c1-8(13-12(9-5-6-9)17-18-19-13)15-7-10-3-2-4-11(14)16-10/h2-4,9,15H,1,5-7H2. The molecular formula is C13H13FN4S. The minimum Gasteiger partial charge on any atom is -0.379 e. The van der Waals surface area contributed by atoms with Crippen LogP contribution in [0.2, 0.25) is 0 Å². The Hall–Kier alpha value is -1.82. The smallest absolute Gasteiger partial charge is 0.213 e. The average Bonchev–Trinajstić information content (AvgIpc) is 3.13. The molecule has 0 aromatic carbocycles. The molecule has 0 atom stereocenters. The molecule has 19 heavy (non-hydrogen) atoms. The third kappa shape index (κ3) is 2.78. The van der Waals surface area contributed by atoms with Gasteiger partial charge >= 0.3 is 0 Å². The van der Waals surface area contributed by atoms with Crippen LogP contribution in [-0.2, 0) is 6.54 Å². The summed E-state index contributed by atoms with van der Waals surface area (Å²) in [6, 6.07) is 4.75. The number of nitrogens with zero attached hydrogens (tertiary/aromatic N) is 3. The Labute approximate surface area is 114 Å². The fourth-order valence-electron chi connectivity index (χ4n) is 1.86. The van der Waals surface area contributed by atoms with Gasteiger partial charge in [0.25, 0.3) is 0 Å². The number of aromatic nitrogens is 3. The lowest BCUT2D eigenvalue weighted by atomic mass is 10.2. The van der Waals surface area contributed by atoms with E-state index in [1.54, 1.807) is 12.1 Å². The summed E-state index contributed by atoms with van der Waals surface area (Å²) < 4.78 is 17.0. The number of hydrogen-bond donors (Lipinski definition) is 1. The predicted molar refractivity (Wildman–Crippen MR) is 72.0 cm³/mol. The second-order valence-electron chi connectivity index (χ2n) is 4.55. The second-order valence-corrected chi connectivity index (χ2v) is 5.30. The minimum absolute atomic E-state index is 0.443. The number of rotatable bonds is 5. The molecule has 4 nitrogen and oxygen atoms in total. The lowest BCUT2D eigenvalue weighted by Gasteiger charge is -2.08. The Bertz CT molecular complexity index is 606. The van der Waals surface area contributed by atoms with Gasteiger partial charge in [0.1, 0.15) is 0 Å². The maximum atomic E-state index is 13.0. The van der Waals surface area contributed by atoms with Crippen LogP contribution in [0.15, 0.2) is 24.8 Å². The van der Waals surface area contributed by atoms with Gasteiger partial charge < -0.3 is 5.32 Å². The molecular weight excluding hydrogens is 263 g/mol. The van der Waals surface area contributed by atoms with Crippen molar-refractivity contribution in [3.63, 3.8) is 0 Å². The fourth-order valence-corrected chi connectivity index (χ4v) is 2.55. The van der Waals surface area contributed by atoms with Crippen molar-refractivity contribution in [2.45, 2.75) is 25.3 Å². The van der Waals surface area contributed by atoms with Gasteiger partial charge in [-0.15, -0.1) is 5.10 Å². The van der Waals surface area contributed by atoms with Gasteiger partial charge in [0, 0.05) is 11.6 Å². The van der Waals surface area contributed by atoms with Crippen LogP contribution < -0.4 is 5.32 Å². The highest BCUT2D eigenvalue weighted by Gasteiger charge is 2.30. The van der Waals surface area contributed by atoms with E-state index < -0.39 is 5.95 Å². The van der Waals surface area contributed by atoms with Crippen molar-refractivity contribution >= 4 is 17.2 Å². The zero-order valence-corrected chi connectivity index (χ0v) is 11.1. The summed E-state index contributed by atoms with van der Waals surface area (Å²) in [6.07, 6.45) is 2.36. The van der Waals surface area contributed by atoms with E-state index in [2.05, 4.69) is 26.5 Å². The van der Waals surface area contributed by atoms with Crippen LogP contribution in [0.25, 0.3) is 5.70 Å². The quantitative estimate of drug-likeness (QED) is 0.853. The van der Waals surface area contributed by atoms with E-state index in [1.165, 1.54) is 30.4 Å². The fraction of sp³-hybridized carbons (Fsp3) is 0.308. The first-order valence-corrected chi connectivity index (χ1v) is 6.88. The van der Waals surface area contributed by atoms with Crippen LogP contribution in [0.1, 0.15) is 35.0 Å². The molecule has 6 heteroatoms. The lowest BCUT2D eigenvalue weighted by molar-refractivity contribution is 0.574. The molecule has 2 aromatic heterocycles. The molecule has 0 radical (unpaired) electrons. The number of halogens is 1. The highest BCUT2D eigenvalue weighted by Crippen LogP contribution is 2.42. The van der Waals surface area contributed by atoms with Crippen molar-refractivity contribution in [1.29, 1.82) is 0 Å². The van der Waals surface area contributed by atoms with Crippen LogP contribution in [-0.4, -0.2) is 14.6 Å². The molecule has 1 aliphatic rings. The zero-order valence-electron chi connectivity index (χ0n) is 10.3. The van der Waals surface area contributed by atoms with E-state index in [9.17, 15) is 4.39 Å². The zero-order chi connectivity index (χ0) is 13.2. The van der Waals surface area contributed by atoms with Gasteiger partial charge in [-0.2, -0.15) is 4.39 Å². The second kappa shape index (κ2) is 5.05. The molecule has 0 bridgehead atoms. The van der Waals surface area contributed by atoms with E-state index in [4.69, 9.17) is 0 Å². The van der Waals surface area contributed by atoms with E-state index in [1.807, 2.05) is 0 Å². The van der Waals surface area contributed by atoms with Crippen molar-refractivity contribution in [2.75, 3.05) is 0 Å². The summed E-state index contributed by atoms with van der Waals surface area (Å²) in [7, 11) is 0. The van der Waals surface area contributed by atoms with Crippen molar-refractivity contribution in [3.8, 4) is 0 Å². The highest BCUT2D eigenvalue weighted by molar-refractivity contribution is 7.06. The first kappa shape index (κ1) is 12.2. The van der Waals surface area contributed by atoms with Gasteiger partial charge in [-0.1, -0.05) is 17.1 Å². The van der Waals surface area contributed by atoms with E-state index >= 15 is 0 Å². The van der Waals surface area contributed by atoms with E-state index in [-0.39, 0.29) is 0 Å². The Morgan fingerprint density at radius 3 is 3.05 bits per heavy atom. The molecule has 1 saturated carbocycles. The summed E-state index contributed by atoms with van der Waals surface area (Å²) in [5.74, 6) is 0.0719. The number of hydrogen-bond acceptors (Lipinski definition) is 5. The summed E-state index contributed by atoms with van der Waals surface area (Å²) in [4.78, 5) is 4.80. The van der Waals surface area contributed by atoms with Gasteiger partial charge in [-0.25, -0.2) is 4.98 Å². The Morgan fingerprint density at radius 1 is 1.47 bits per heavy atom. The van der Waals surface area contributed by atoms with Gasteiger partial charge in [0.15, 0.2) is 0 Å². The Balaban J connectivity index is 1.66. The van der Waals surface area contributed by atoms with Crippen molar-refractivity contribution in [1.82, 2.24) is 19.9 Å². The average molecular weight is 276 g/mol. The summed E-state index contributed by atoms with van der Waals surface area (Å²) >= 11 is 1.35. The Morgan fingerprint density at radius 2 is 2.32 bits per heavy atom. The molecule has 1 N–H and O–H groups in total. The first-order valence-electron chi connectivity index (χ1n) is 6.11. The van der Waals surface area contributed by atoms with Crippen molar-refractivity contribution in [2.24, 2.45) is 0 Å². The number of pyridine rings is 1. The molecule has 0 unspecified atom stereocenters. The summed E-state index contributed by atoms with van der Waals surface area (Å²) in [5, 5.41) is 7.32. The summed E-state index contributed by atoms with van der Waals surface area (Å²) in [6.45, 7) is 4.45. The molecule has 3 rings (SSSR count). The molecule has 1 aliphatic carbocycles. The number of nitrogens with one attached hydrogen (secondary N) is 1. The SMILES string of the molecule is C=C(NCc1cccc(F)n1)c1snnc1C1CC1. The highest BCUT2D eigenvalue weighted by atomic mass is 32.1. The topological polar surface area (TPSA) is 50.7 Å². The molecule has 1 fully saturated rings. The van der Waals surface area contributed by atoms with Crippen LogP contribution in [0.3, 0.4) is 0 Å². The third-order valence-corrected chi connectivity index (χ3v) is 3.81. The van der Waals surface area contributed by atoms with Crippen LogP contribution in [0, 0.1) is 5.95 Å². The van der Waals surface area contributed by atoms with Gasteiger partial charge in [0.05, 0.1) is 22.8 Å². The third-order valence-electron chi connectivity index (χ3n) is 3.01. The van der Waals surface area contributed by atoms with Gasteiger partial charge in [-0.3, -0.25) is 0 Å². The largest absolute Gasteiger partial charge is 0.379 e. The van der Waals surface area contributed by atoms with Crippen molar-refractivity contribution < 1.29 is 4.39 Å². The van der Waals surface area contributed by atoms with Crippen molar-refractivity contribution in [3.05, 3.63) is 47.0 Å². The maximum Gasteiger partial charge on any atom is 0.213 e. The molecule has 0 amide bonds. The first-order chi connectivity index (χ1) is 9.24. The molecule has 98 valence electrons. The van der Waals surface area contributed by atoms with E-state index in [0.29, 0.717) is 18.2 Å². The van der Waals surface area contributed by atoms with Gasteiger partial charge in [-0.05, 0) is 36.5 Å². The molecule has 0 spiro atoms.